The summed E-state index contributed by atoms with van der Waals surface area (Å²) in [7, 11) is 1.72. The summed E-state index contributed by atoms with van der Waals surface area (Å²) < 4.78 is 3.05. The van der Waals surface area contributed by atoms with Gasteiger partial charge in [0.05, 0.1) is 17.1 Å². The van der Waals surface area contributed by atoms with Crippen LogP contribution in [0.4, 0.5) is 0 Å². The fourth-order valence-electron chi connectivity index (χ4n) is 1.74. The Morgan fingerprint density at radius 2 is 2.13 bits per heavy atom. The van der Waals surface area contributed by atoms with Crippen molar-refractivity contribution >= 4 is 11.0 Å². The number of nitriles is 1. The maximum absolute atomic E-state index is 11.8. The summed E-state index contributed by atoms with van der Waals surface area (Å²) in [6.45, 7) is 2.06. The molecule has 4 nitrogen and oxygen atoms in total. The van der Waals surface area contributed by atoms with E-state index in [1.165, 1.54) is 4.57 Å². The molecular formula is C11H11N3O. The van der Waals surface area contributed by atoms with Gasteiger partial charge in [-0.1, -0.05) is 6.07 Å². The SMILES string of the molecule is Cc1ccc2c(c1)n(CC#N)c(=O)n2C. The summed E-state index contributed by atoms with van der Waals surface area (Å²) >= 11 is 0. The van der Waals surface area contributed by atoms with E-state index < -0.39 is 0 Å². The second-order valence-electron chi connectivity index (χ2n) is 3.58. The predicted octanol–water partition coefficient (Wildman–Crippen LogP) is 1.17. The Hall–Kier alpha value is -2.02. The van der Waals surface area contributed by atoms with Crippen molar-refractivity contribution < 1.29 is 0 Å². The zero-order valence-corrected chi connectivity index (χ0v) is 8.69. The third-order valence-corrected chi connectivity index (χ3v) is 2.53. The van der Waals surface area contributed by atoms with Gasteiger partial charge in [0.25, 0.3) is 0 Å². The van der Waals surface area contributed by atoms with Gasteiger partial charge in [0.2, 0.25) is 0 Å². The number of imidazole rings is 1. The van der Waals surface area contributed by atoms with Crippen LogP contribution in [0.3, 0.4) is 0 Å². The first-order valence-electron chi connectivity index (χ1n) is 4.68. The smallest absolute Gasteiger partial charge is 0.295 e. The maximum atomic E-state index is 11.8. The maximum Gasteiger partial charge on any atom is 0.329 e. The van der Waals surface area contributed by atoms with E-state index in [-0.39, 0.29) is 12.2 Å². The minimum atomic E-state index is -0.142. The molecule has 4 heteroatoms. The molecule has 0 spiro atoms. The van der Waals surface area contributed by atoms with Gasteiger partial charge in [-0.05, 0) is 24.6 Å². The standard InChI is InChI=1S/C11H11N3O/c1-8-3-4-9-10(7-8)14(6-5-12)11(15)13(9)2/h3-4,7H,6H2,1-2H3. The highest BCUT2D eigenvalue weighted by Gasteiger charge is 2.09. The van der Waals surface area contributed by atoms with Crippen LogP contribution < -0.4 is 5.69 Å². The molecule has 2 rings (SSSR count). The lowest BCUT2D eigenvalue weighted by Gasteiger charge is -1.97. The van der Waals surface area contributed by atoms with Crippen molar-refractivity contribution in [1.82, 2.24) is 9.13 Å². The number of aryl methyl sites for hydroxylation is 2. The highest BCUT2D eigenvalue weighted by molar-refractivity contribution is 5.76. The first-order chi connectivity index (χ1) is 7.15. The van der Waals surface area contributed by atoms with Gasteiger partial charge in [-0.25, -0.2) is 4.79 Å². The van der Waals surface area contributed by atoms with Gasteiger partial charge in [0.1, 0.15) is 6.54 Å². The molecule has 0 fully saturated rings. The van der Waals surface area contributed by atoms with E-state index in [2.05, 4.69) is 0 Å². The van der Waals surface area contributed by atoms with Crippen LogP contribution in [0.25, 0.3) is 11.0 Å². The second kappa shape index (κ2) is 3.28. The molecule has 15 heavy (non-hydrogen) atoms. The van der Waals surface area contributed by atoms with Crippen LogP contribution in [-0.2, 0) is 13.6 Å². The number of hydrogen-bond acceptors (Lipinski definition) is 2. The molecule has 0 saturated carbocycles. The lowest BCUT2D eigenvalue weighted by molar-refractivity contribution is 0.755. The lowest BCUT2D eigenvalue weighted by Crippen LogP contribution is -2.21. The Morgan fingerprint density at radius 1 is 1.40 bits per heavy atom. The van der Waals surface area contributed by atoms with Crippen molar-refractivity contribution in [2.75, 3.05) is 0 Å². The van der Waals surface area contributed by atoms with Gasteiger partial charge < -0.3 is 0 Å². The molecule has 1 heterocycles. The third kappa shape index (κ3) is 1.33. The van der Waals surface area contributed by atoms with E-state index in [0.717, 1.165) is 16.6 Å². The van der Waals surface area contributed by atoms with Crippen LogP contribution in [0.15, 0.2) is 23.0 Å². The topological polar surface area (TPSA) is 50.7 Å². The largest absolute Gasteiger partial charge is 0.329 e. The number of fused-ring (bicyclic) bond motifs is 1. The van der Waals surface area contributed by atoms with Crippen LogP contribution >= 0.6 is 0 Å². The molecule has 0 unspecified atom stereocenters. The van der Waals surface area contributed by atoms with Gasteiger partial charge in [-0.15, -0.1) is 0 Å². The van der Waals surface area contributed by atoms with E-state index in [1.54, 1.807) is 11.6 Å². The number of benzene rings is 1. The van der Waals surface area contributed by atoms with Crippen LogP contribution in [-0.4, -0.2) is 9.13 Å². The molecule has 0 bridgehead atoms. The van der Waals surface area contributed by atoms with Gasteiger partial charge >= 0.3 is 5.69 Å². The van der Waals surface area contributed by atoms with Crippen molar-refractivity contribution in [2.45, 2.75) is 13.5 Å². The fraction of sp³-hybridized carbons (Fsp3) is 0.273. The van der Waals surface area contributed by atoms with Gasteiger partial charge in [0, 0.05) is 7.05 Å². The van der Waals surface area contributed by atoms with E-state index in [0.29, 0.717) is 0 Å². The summed E-state index contributed by atoms with van der Waals surface area (Å²) in [5, 5.41) is 8.66. The number of nitrogens with zero attached hydrogens (tertiary/aromatic N) is 3. The van der Waals surface area contributed by atoms with Gasteiger partial charge in [-0.3, -0.25) is 9.13 Å². The van der Waals surface area contributed by atoms with Crippen LogP contribution in [0.1, 0.15) is 5.56 Å². The van der Waals surface area contributed by atoms with Crippen molar-refractivity contribution in [1.29, 1.82) is 5.26 Å². The highest BCUT2D eigenvalue weighted by Crippen LogP contribution is 2.13. The quantitative estimate of drug-likeness (QED) is 0.695. The minimum Gasteiger partial charge on any atom is -0.295 e. The molecule has 0 radical (unpaired) electrons. The molecule has 0 amide bonds. The van der Waals surface area contributed by atoms with Crippen molar-refractivity contribution in [3.05, 3.63) is 34.2 Å². The fourth-order valence-corrected chi connectivity index (χ4v) is 1.74. The molecular weight excluding hydrogens is 190 g/mol. The van der Waals surface area contributed by atoms with Crippen LogP contribution in [0.2, 0.25) is 0 Å². The average molecular weight is 201 g/mol. The van der Waals surface area contributed by atoms with Gasteiger partial charge in [0.15, 0.2) is 0 Å². The number of aromatic nitrogens is 2. The minimum absolute atomic E-state index is 0.0969. The zero-order valence-electron chi connectivity index (χ0n) is 8.69. The van der Waals surface area contributed by atoms with E-state index in [1.807, 2.05) is 31.2 Å². The first kappa shape index (κ1) is 9.53. The Labute approximate surface area is 87.0 Å². The molecule has 76 valence electrons. The Balaban J connectivity index is 2.90. The van der Waals surface area contributed by atoms with E-state index in [4.69, 9.17) is 5.26 Å². The summed E-state index contributed by atoms with van der Waals surface area (Å²) in [6, 6.07) is 7.78. The molecule has 0 saturated heterocycles. The molecule has 0 aliphatic heterocycles. The summed E-state index contributed by atoms with van der Waals surface area (Å²) in [5.41, 5.74) is 2.63. The van der Waals surface area contributed by atoms with Crippen molar-refractivity contribution in [3.63, 3.8) is 0 Å². The molecule has 0 atom stereocenters. The average Bonchev–Trinajstić information content (AvgIpc) is 2.44. The Bertz CT molecular complexity index is 613. The van der Waals surface area contributed by atoms with Crippen molar-refractivity contribution in [2.24, 2.45) is 7.05 Å². The second-order valence-corrected chi connectivity index (χ2v) is 3.58. The highest BCUT2D eigenvalue weighted by atomic mass is 16.1. The Morgan fingerprint density at radius 3 is 2.80 bits per heavy atom. The predicted molar refractivity (Wildman–Crippen MR) is 57.5 cm³/mol. The summed E-state index contributed by atoms with van der Waals surface area (Å²) in [6.07, 6.45) is 0. The molecule has 0 aliphatic carbocycles. The van der Waals surface area contributed by atoms with Crippen molar-refractivity contribution in [3.8, 4) is 6.07 Å². The third-order valence-electron chi connectivity index (χ3n) is 2.53. The monoisotopic (exact) mass is 201 g/mol. The summed E-state index contributed by atoms with van der Waals surface area (Å²) in [4.78, 5) is 11.8. The molecule has 0 N–H and O–H groups in total. The normalized spacial score (nSPS) is 10.5. The first-order valence-corrected chi connectivity index (χ1v) is 4.68. The molecule has 1 aromatic heterocycles. The van der Waals surface area contributed by atoms with Crippen LogP contribution in [0.5, 0.6) is 0 Å². The van der Waals surface area contributed by atoms with E-state index in [9.17, 15) is 4.79 Å². The number of rotatable bonds is 1. The van der Waals surface area contributed by atoms with E-state index >= 15 is 0 Å². The van der Waals surface area contributed by atoms with Crippen LogP contribution in [0, 0.1) is 18.3 Å². The summed E-state index contributed by atoms with van der Waals surface area (Å²) in [5.74, 6) is 0. The Kier molecular flexibility index (Phi) is 2.09. The zero-order chi connectivity index (χ0) is 11.0. The molecule has 1 aromatic carbocycles. The lowest BCUT2D eigenvalue weighted by atomic mass is 10.2. The molecule has 0 aliphatic rings. The molecule has 2 aromatic rings. The number of hydrogen-bond donors (Lipinski definition) is 0. The van der Waals surface area contributed by atoms with Gasteiger partial charge in [-0.2, -0.15) is 5.26 Å².